The van der Waals surface area contributed by atoms with E-state index in [-0.39, 0.29) is 40.1 Å². The summed E-state index contributed by atoms with van der Waals surface area (Å²) in [6.07, 6.45) is 5.16. The molecular weight excluding hydrogens is 499 g/mol. The predicted molar refractivity (Wildman–Crippen MR) is 134 cm³/mol. The smallest absolute Gasteiger partial charge is 0.302 e. The van der Waals surface area contributed by atoms with E-state index >= 15 is 0 Å². The fraction of sp³-hybridized carbons (Fsp3) is 0.667. The lowest BCUT2D eigenvalue weighted by Gasteiger charge is -2.50. The molecule has 1 N–H and O–H groups in total. The second-order valence-electron chi connectivity index (χ2n) is 9.42. The number of piperidine rings is 1. The Kier molecular flexibility index (Phi) is 9.29. The van der Waals surface area contributed by atoms with Crippen LogP contribution in [-0.2, 0) is 19.6 Å². The Labute approximate surface area is 212 Å². The molecule has 190 valence electrons. The zero-order valence-electron chi connectivity index (χ0n) is 19.8. The number of amides is 1. The molecule has 2 aliphatic rings. The highest BCUT2D eigenvalue weighted by Crippen LogP contribution is 2.47. The Morgan fingerprint density at radius 2 is 1.85 bits per heavy atom. The fourth-order valence-electron chi connectivity index (χ4n) is 5.45. The standard InChI is InChI=1S/C24H34Cl2N2O5S/c1-3-14-34(31,32)28-12-10-24(11-13-28,20-6-4-5-7-22(20)33-17(2)29)16-27-23(30)19-9-8-18(25)15-21(19)26/h8-9,15,20,22H,3-7,10-14,16H2,1-2H3,(H,27,30). The van der Waals surface area contributed by atoms with Crippen LogP contribution in [-0.4, -0.2) is 56.1 Å². The maximum atomic E-state index is 13.0. The molecule has 0 spiro atoms. The number of carbonyl (C=O) groups is 2. The first-order valence-electron chi connectivity index (χ1n) is 12.0. The summed E-state index contributed by atoms with van der Waals surface area (Å²) in [6, 6.07) is 4.74. The van der Waals surface area contributed by atoms with E-state index in [1.54, 1.807) is 16.4 Å². The van der Waals surface area contributed by atoms with E-state index in [0.29, 0.717) is 49.5 Å². The van der Waals surface area contributed by atoms with Crippen molar-refractivity contribution in [1.82, 2.24) is 9.62 Å². The SMILES string of the molecule is CCCS(=O)(=O)N1CCC(CNC(=O)c2ccc(Cl)cc2Cl)(C2CCCCC2OC(C)=O)CC1. The molecule has 2 unspecified atom stereocenters. The number of nitrogens with one attached hydrogen (secondary N) is 1. The van der Waals surface area contributed by atoms with Crippen LogP contribution in [0.2, 0.25) is 10.0 Å². The molecule has 0 bridgehead atoms. The molecule has 7 nitrogen and oxygen atoms in total. The summed E-state index contributed by atoms with van der Waals surface area (Å²) in [7, 11) is -3.30. The summed E-state index contributed by atoms with van der Waals surface area (Å²) in [5, 5.41) is 3.77. The highest BCUT2D eigenvalue weighted by Gasteiger charge is 2.48. The van der Waals surface area contributed by atoms with Crippen LogP contribution in [0, 0.1) is 11.3 Å². The van der Waals surface area contributed by atoms with Crippen LogP contribution < -0.4 is 5.32 Å². The molecule has 1 amide bonds. The number of hydrogen-bond donors (Lipinski definition) is 1. The summed E-state index contributed by atoms with van der Waals surface area (Å²) in [5.41, 5.74) is -0.0442. The summed E-state index contributed by atoms with van der Waals surface area (Å²) in [6.45, 7) is 4.42. The molecule has 1 aromatic rings. The molecule has 2 atom stereocenters. The normalized spacial score (nSPS) is 23.3. The van der Waals surface area contributed by atoms with Crippen LogP contribution in [0.5, 0.6) is 0 Å². The molecule has 34 heavy (non-hydrogen) atoms. The maximum Gasteiger partial charge on any atom is 0.302 e. The highest BCUT2D eigenvalue weighted by molar-refractivity contribution is 7.89. The summed E-state index contributed by atoms with van der Waals surface area (Å²) < 4.78 is 32.6. The van der Waals surface area contributed by atoms with Crippen LogP contribution in [0.3, 0.4) is 0 Å². The van der Waals surface area contributed by atoms with Gasteiger partial charge < -0.3 is 10.1 Å². The number of sulfonamides is 1. The van der Waals surface area contributed by atoms with E-state index in [2.05, 4.69) is 5.32 Å². The average molecular weight is 534 g/mol. The molecule has 1 aliphatic heterocycles. The number of rotatable bonds is 8. The van der Waals surface area contributed by atoms with Crippen molar-refractivity contribution in [2.75, 3.05) is 25.4 Å². The molecule has 0 radical (unpaired) electrons. The first-order chi connectivity index (χ1) is 16.1. The van der Waals surface area contributed by atoms with Gasteiger partial charge in [0.2, 0.25) is 10.0 Å². The van der Waals surface area contributed by atoms with Gasteiger partial charge in [-0.2, -0.15) is 0 Å². The molecule has 0 aromatic heterocycles. The van der Waals surface area contributed by atoms with Crippen LogP contribution in [0.4, 0.5) is 0 Å². The van der Waals surface area contributed by atoms with Crippen molar-refractivity contribution >= 4 is 45.1 Å². The summed E-state index contributed by atoms with van der Waals surface area (Å²) in [4.78, 5) is 24.8. The molecule has 3 rings (SSSR count). The zero-order chi connectivity index (χ0) is 24.9. The van der Waals surface area contributed by atoms with E-state index < -0.39 is 10.0 Å². The maximum absolute atomic E-state index is 13.0. The quantitative estimate of drug-likeness (QED) is 0.491. The lowest BCUT2D eigenvalue weighted by Crippen LogP contribution is -2.54. The van der Waals surface area contributed by atoms with Crippen LogP contribution in [0.25, 0.3) is 0 Å². The second kappa shape index (κ2) is 11.6. The third-order valence-electron chi connectivity index (χ3n) is 7.16. The first-order valence-corrected chi connectivity index (χ1v) is 14.3. The van der Waals surface area contributed by atoms with E-state index in [9.17, 15) is 18.0 Å². The second-order valence-corrected chi connectivity index (χ2v) is 12.4. The minimum atomic E-state index is -3.30. The number of benzene rings is 1. The van der Waals surface area contributed by atoms with E-state index in [4.69, 9.17) is 27.9 Å². The molecule has 1 aliphatic carbocycles. The lowest BCUT2D eigenvalue weighted by molar-refractivity contribution is -0.156. The average Bonchev–Trinajstić information content (AvgIpc) is 2.78. The van der Waals surface area contributed by atoms with Crippen molar-refractivity contribution in [2.24, 2.45) is 11.3 Å². The van der Waals surface area contributed by atoms with E-state index in [1.807, 2.05) is 6.92 Å². The van der Waals surface area contributed by atoms with Crippen molar-refractivity contribution in [3.05, 3.63) is 33.8 Å². The van der Waals surface area contributed by atoms with Crippen molar-refractivity contribution < 1.29 is 22.7 Å². The number of ether oxygens (including phenoxy) is 1. The van der Waals surface area contributed by atoms with Gasteiger partial charge in [-0.1, -0.05) is 36.5 Å². The van der Waals surface area contributed by atoms with Gasteiger partial charge >= 0.3 is 5.97 Å². The minimum absolute atomic E-state index is 0.0437. The fourth-order valence-corrected chi connectivity index (χ4v) is 7.46. The Hall–Kier alpha value is -1.35. The molecule has 10 heteroatoms. The summed E-state index contributed by atoms with van der Waals surface area (Å²) in [5.74, 6) is -0.443. The van der Waals surface area contributed by atoms with Gasteiger partial charge in [0.05, 0.1) is 16.3 Å². The van der Waals surface area contributed by atoms with Gasteiger partial charge in [-0.25, -0.2) is 12.7 Å². The topological polar surface area (TPSA) is 92.8 Å². The monoisotopic (exact) mass is 532 g/mol. The largest absolute Gasteiger partial charge is 0.462 e. The van der Waals surface area contributed by atoms with E-state index in [0.717, 1.165) is 25.7 Å². The Balaban J connectivity index is 1.83. The van der Waals surface area contributed by atoms with Crippen molar-refractivity contribution in [1.29, 1.82) is 0 Å². The zero-order valence-corrected chi connectivity index (χ0v) is 22.1. The molecule has 1 saturated heterocycles. The first kappa shape index (κ1) is 27.2. The minimum Gasteiger partial charge on any atom is -0.462 e. The van der Waals surface area contributed by atoms with Gasteiger partial charge in [-0.05, 0) is 62.1 Å². The van der Waals surface area contributed by atoms with Crippen LogP contribution in [0.15, 0.2) is 18.2 Å². The Morgan fingerprint density at radius 1 is 1.18 bits per heavy atom. The molecule has 1 aromatic carbocycles. The number of hydrogen-bond acceptors (Lipinski definition) is 5. The van der Waals surface area contributed by atoms with Gasteiger partial charge in [-0.3, -0.25) is 9.59 Å². The van der Waals surface area contributed by atoms with E-state index in [1.165, 1.54) is 13.0 Å². The van der Waals surface area contributed by atoms with Gasteiger partial charge in [0, 0.05) is 37.5 Å². The van der Waals surface area contributed by atoms with Crippen molar-refractivity contribution in [2.45, 2.75) is 64.9 Å². The predicted octanol–water partition coefficient (Wildman–Crippen LogP) is 4.67. The van der Waals surface area contributed by atoms with Crippen LogP contribution >= 0.6 is 23.2 Å². The van der Waals surface area contributed by atoms with Crippen molar-refractivity contribution in [3.8, 4) is 0 Å². The number of nitrogens with zero attached hydrogens (tertiary/aromatic N) is 1. The number of carbonyl (C=O) groups excluding carboxylic acids is 2. The van der Waals surface area contributed by atoms with Gasteiger partial charge in [0.1, 0.15) is 6.10 Å². The number of esters is 1. The summed E-state index contributed by atoms with van der Waals surface area (Å²) >= 11 is 12.2. The third kappa shape index (κ3) is 6.45. The van der Waals surface area contributed by atoms with Crippen LogP contribution in [0.1, 0.15) is 69.2 Å². The molecule has 1 heterocycles. The third-order valence-corrected chi connectivity index (χ3v) is 9.78. The van der Waals surface area contributed by atoms with Gasteiger partial charge in [0.15, 0.2) is 0 Å². The van der Waals surface area contributed by atoms with Gasteiger partial charge in [-0.15, -0.1) is 0 Å². The Morgan fingerprint density at radius 3 is 2.47 bits per heavy atom. The molecule has 2 fully saturated rings. The molecule has 1 saturated carbocycles. The lowest BCUT2D eigenvalue weighted by atomic mass is 9.62. The highest BCUT2D eigenvalue weighted by atomic mass is 35.5. The van der Waals surface area contributed by atoms with Crippen molar-refractivity contribution in [3.63, 3.8) is 0 Å². The molecular formula is C24H34Cl2N2O5S. The van der Waals surface area contributed by atoms with Gasteiger partial charge in [0.25, 0.3) is 5.91 Å². The Bertz CT molecular complexity index is 993. The number of halogens is 2.